The number of amides is 1. The summed E-state index contributed by atoms with van der Waals surface area (Å²) >= 11 is 0. The fraction of sp³-hybridized carbons (Fsp3) is 0.150. The molecule has 0 aliphatic carbocycles. The Labute approximate surface area is 149 Å². The standard InChI is InChI=1S/C20H16N2O4/c1-26-20(25)17-11-13-7-3-5-9-16(13)22(17)19(24)14-10-12-6-2-4-8-15(12)21-18(14)23/h2-10,17H,11H2,1H3,(H,21,23). The van der Waals surface area contributed by atoms with Crippen LogP contribution in [0.25, 0.3) is 10.9 Å². The first-order chi connectivity index (χ1) is 12.6. The van der Waals surface area contributed by atoms with Crippen molar-refractivity contribution in [2.75, 3.05) is 12.0 Å². The highest BCUT2D eigenvalue weighted by atomic mass is 16.5. The van der Waals surface area contributed by atoms with E-state index in [1.807, 2.05) is 30.3 Å². The maximum absolute atomic E-state index is 13.2. The van der Waals surface area contributed by atoms with Crippen LogP contribution in [0, 0.1) is 0 Å². The minimum Gasteiger partial charge on any atom is -0.467 e. The number of anilines is 1. The van der Waals surface area contributed by atoms with Crippen molar-refractivity contribution >= 4 is 28.5 Å². The smallest absolute Gasteiger partial charge is 0.329 e. The van der Waals surface area contributed by atoms with Crippen LogP contribution in [0.1, 0.15) is 15.9 Å². The average molecular weight is 348 g/mol. The van der Waals surface area contributed by atoms with Gasteiger partial charge in [-0.1, -0.05) is 36.4 Å². The number of esters is 1. The maximum Gasteiger partial charge on any atom is 0.329 e. The van der Waals surface area contributed by atoms with Crippen LogP contribution < -0.4 is 10.5 Å². The van der Waals surface area contributed by atoms with E-state index >= 15 is 0 Å². The van der Waals surface area contributed by atoms with Crippen LogP contribution in [-0.2, 0) is 16.0 Å². The number of hydrogen-bond acceptors (Lipinski definition) is 4. The van der Waals surface area contributed by atoms with Crippen LogP contribution in [0.3, 0.4) is 0 Å². The van der Waals surface area contributed by atoms with Gasteiger partial charge in [-0.25, -0.2) is 4.79 Å². The Morgan fingerprint density at radius 1 is 1.12 bits per heavy atom. The average Bonchev–Trinajstić information content (AvgIpc) is 3.05. The van der Waals surface area contributed by atoms with Crippen molar-refractivity contribution in [3.05, 3.63) is 76.1 Å². The molecule has 1 aromatic heterocycles. The van der Waals surface area contributed by atoms with Crippen molar-refractivity contribution in [2.45, 2.75) is 12.5 Å². The Morgan fingerprint density at radius 2 is 1.85 bits per heavy atom. The molecule has 0 saturated carbocycles. The van der Waals surface area contributed by atoms with Crippen molar-refractivity contribution in [3.63, 3.8) is 0 Å². The highest BCUT2D eigenvalue weighted by Crippen LogP contribution is 2.33. The molecule has 0 spiro atoms. The SMILES string of the molecule is COC(=O)C1Cc2ccccc2N1C(=O)c1cc2ccccc2[nH]c1=O. The van der Waals surface area contributed by atoms with Gasteiger partial charge in [0, 0.05) is 17.6 Å². The van der Waals surface area contributed by atoms with E-state index in [0.29, 0.717) is 17.6 Å². The van der Waals surface area contributed by atoms with E-state index in [9.17, 15) is 14.4 Å². The van der Waals surface area contributed by atoms with Crippen LogP contribution in [0.5, 0.6) is 0 Å². The third kappa shape index (κ3) is 2.47. The Bertz CT molecular complexity index is 1090. The summed E-state index contributed by atoms with van der Waals surface area (Å²) in [6, 6.07) is 15.3. The summed E-state index contributed by atoms with van der Waals surface area (Å²) in [7, 11) is 1.29. The summed E-state index contributed by atoms with van der Waals surface area (Å²) in [6.07, 6.45) is 0.361. The van der Waals surface area contributed by atoms with Crippen LogP contribution in [0.15, 0.2) is 59.4 Å². The molecule has 2 heterocycles. The summed E-state index contributed by atoms with van der Waals surface area (Å²) < 4.78 is 4.86. The highest BCUT2D eigenvalue weighted by molar-refractivity contribution is 6.11. The van der Waals surface area contributed by atoms with Gasteiger partial charge in [0.2, 0.25) is 0 Å². The molecule has 4 rings (SSSR count). The van der Waals surface area contributed by atoms with Gasteiger partial charge in [-0.05, 0) is 29.1 Å². The normalized spacial score (nSPS) is 15.7. The number of aromatic nitrogens is 1. The van der Waals surface area contributed by atoms with Gasteiger partial charge in [-0.2, -0.15) is 0 Å². The van der Waals surface area contributed by atoms with E-state index in [2.05, 4.69) is 4.98 Å². The molecule has 2 aromatic carbocycles. The summed E-state index contributed by atoms with van der Waals surface area (Å²) in [5, 5.41) is 0.748. The fourth-order valence-corrected chi connectivity index (χ4v) is 3.40. The van der Waals surface area contributed by atoms with Gasteiger partial charge in [0.25, 0.3) is 11.5 Å². The summed E-state index contributed by atoms with van der Waals surface area (Å²) in [6.45, 7) is 0. The number of para-hydroxylation sites is 2. The molecule has 6 nitrogen and oxygen atoms in total. The van der Waals surface area contributed by atoms with Gasteiger partial charge < -0.3 is 9.72 Å². The molecule has 6 heteroatoms. The molecule has 3 aromatic rings. The molecule has 0 saturated heterocycles. The minimum atomic E-state index is -0.782. The number of pyridine rings is 1. The number of H-pyrrole nitrogens is 1. The molecule has 0 bridgehead atoms. The van der Waals surface area contributed by atoms with E-state index < -0.39 is 23.5 Å². The second-order valence-electron chi connectivity index (χ2n) is 6.15. The Morgan fingerprint density at radius 3 is 2.65 bits per heavy atom. The Kier molecular flexibility index (Phi) is 3.80. The van der Waals surface area contributed by atoms with E-state index in [1.165, 1.54) is 12.0 Å². The molecule has 1 amide bonds. The molecule has 130 valence electrons. The second kappa shape index (κ2) is 6.15. The first-order valence-corrected chi connectivity index (χ1v) is 8.21. The Balaban J connectivity index is 1.84. The van der Waals surface area contributed by atoms with Crippen molar-refractivity contribution in [1.82, 2.24) is 4.98 Å². The number of nitrogens with zero attached hydrogens (tertiary/aromatic N) is 1. The lowest BCUT2D eigenvalue weighted by atomic mass is 10.1. The summed E-state index contributed by atoms with van der Waals surface area (Å²) in [4.78, 5) is 42.0. The van der Waals surface area contributed by atoms with E-state index in [4.69, 9.17) is 4.74 Å². The number of rotatable bonds is 2. The topological polar surface area (TPSA) is 79.5 Å². The Hall–Kier alpha value is -3.41. The zero-order valence-electron chi connectivity index (χ0n) is 14.1. The molecule has 1 unspecified atom stereocenters. The third-order valence-corrected chi connectivity index (χ3v) is 4.65. The second-order valence-corrected chi connectivity index (χ2v) is 6.15. The van der Waals surface area contributed by atoms with Crippen LogP contribution in [-0.4, -0.2) is 30.0 Å². The quantitative estimate of drug-likeness (QED) is 0.721. The number of aromatic amines is 1. The molecule has 0 radical (unpaired) electrons. The molecule has 0 fully saturated rings. The van der Waals surface area contributed by atoms with Gasteiger partial charge in [-0.3, -0.25) is 14.5 Å². The highest BCUT2D eigenvalue weighted by Gasteiger charge is 2.40. The molecule has 1 N–H and O–H groups in total. The van der Waals surface area contributed by atoms with Gasteiger partial charge >= 0.3 is 5.97 Å². The van der Waals surface area contributed by atoms with Crippen molar-refractivity contribution in [1.29, 1.82) is 0 Å². The number of carbonyl (C=O) groups excluding carboxylic acids is 2. The summed E-state index contributed by atoms with van der Waals surface area (Å²) in [5.74, 6) is -1.02. The number of methoxy groups -OCH3 is 1. The number of hydrogen-bond donors (Lipinski definition) is 1. The lowest BCUT2D eigenvalue weighted by Gasteiger charge is -2.23. The van der Waals surface area contributed by atoms with Crippen molar-refractivity contribution in [2.24, 2.45) is 0 Å². The van der Waals surface area contributed by atoms with Crippen LogP contribution in [0.4, 0.5) is 5.69 Å². The van der Waals surface area contributed by atoms with E-state index in [1.54, 1.807) is 24.3 Å². The maximum atomic E-state index is 13.2. The number of nitrogens with one attached hydrogen (secondary N) is 1. The predicted molar refractivity (Wildman–Crippen MR) is 97.3 cm³/mol. The lowest BCUT2D eigenvalue weighted by Crippen LogP contribution is -2.45. The van der Waals surface area contributed by atoms with E-state index in [-0.39, 0.29) is 5.56 Å². The zero-order valence-corrected chi connectivity index (χ0v) is 14.1. The van der Waals surface area contributed by atoms with Gasteiger partial charge in [-0.15, -0.1) is 0 Å². The van der Waals surface area contributed by atoms with Crippen LogP contribution in [0.2, 0.25) is 0 Å². The van der Waals surface area contributed by atoms with Gasteiger partial charge in [0.15, 0.2) is 0 Å². The van der Waals surface area contributed by atoms with Crippen LogP contribution >= 0.6 is 0 Å². The molecular formula is C20H16N2O4. The zero-order chi connectivity index (χ0) is 18.3. The third-order valence-electron chi connectivity index (χ3n) is 4.65. The van der Waals surface area contributed by atoms with Gasteiger partial charge in [0.1, 0.15) is 11.6 Å². The van der Waals surface area contributed by atoms with E-state index in [0.717, 1.165) is 10.9 Å². The first-order valence-electron chi connectivity index (χ1n) is 8.21. The fourth-order valence-electron chi connectivity index (χ4n) is 3.40. The minimum absolute atomic E-state index is 0.00527. The van der Waals surface area contributed by atoms with Crippen molar-refractivity contribution in [3.8, 4) is 0 Å². The predicted octanol–water partition coefficient (Wildman–Crippen LogP) is 2.27. The first kappa shape index (κ1) is 16.1. The molecule has 1 aliphatic rings. The summed E-state index contributed by atoms with van der Waals surface area (Å²) in [5.41, 5.74) is 1.66. The largest absolute Gasteiger partial charge is 0.467 e. The molecular weight excluding hydrogens is 332 g/mol. The number of fused-ring (bicyclic) bond motifs is 2. The lowest BCUT2D eigenvalue weighted by molar-refractivity contribution is -0.141. The monoisotopic (exact) mass is 348 g/mol. The number of ether oxygens (including phenoxy) is 1. The molecule has 26 heavy (non-hydrogen) atoms. The van der Waals surface area contributed by atoms with Gasteiger partial charge in [0.05, 0.1) is 7.11 Å². The molecule has 1 atom stereocenters. The number of benzene rings is 2. The number of carbonyl (C=O) groups is 2. The van der Waals surface area contributed by atoms with Crippen molar-refractivity contribution < 1.29 is 14.3 Å². The molecule has 1 aliphatic heterocycles.